The Morgan fingerprint density at radius 3 is 2.91 bits per heavy atom. The van der Waals surface area contributed by atoms with Crippen molar-refractivity contribution < 1.29 is 9.53 Å². The molecule has 23 heavy (non-hydrogen) atoms. The van der Waals surface area contributed by atoms with Gasteiger partial charge in [-0.1, -0.05) is 24.3 Å². The Kier molecular flexibility index (Phi) is 5.05. The summed E-state index contributed by atoms with van der Waals surface area (Å²) in [7, 11) is 0. The van der Waals surface area contributed by atoms with Crippen LogP contribution in [-0.4, -0.2) is 60.4 Å². The van der Waals surface area contributed by atoms with E-state index in [0.717, 1.165) is 49.7 Å². The molecule has 1 aromatic heterocycles. The molecule has 1 fully saturated rings. The third-order valence-electron chi connectivity index (χ3n) is 4.06. The van der Waals surface area contributed by atoms with Gasteiger partial charge in [0.05, 0.1) is 18.9 Å². The highest BCUT2D eigenvalue weighted by atomic mass is 16.5. The molecular formula is C17H22N4O2. The van der Waals surface area contributed by atoms with Crippen LogP contribution >= 0.6 is 0 Å². The summed E-state index contributed by atoms with van der Waals surface area (Å²) in [5.74, 6) is -0.120. The first-order chi connectivity index (χ1) is 11.2. The fraction of sp³-hybridized carbons (Fsp3) is 0.412. The van der Waals surface area contributed by atoms with E-state index < -0.39 is 0 Å². The van der Waals surface area contributed by atoms with Gasteiger partial charge in [-0.3, -0.25) is 14.8 Å². The fourth-order valence-corrected chi connectivity index (χ4v) is 2.68. The third kappa shape index (κ3) is 3.97. The predicted molar refractivity (Wildman–Crippen MR) is 88.4 cm³/mol. The lowest BCUT2D eigenvalue weighted by Gasteiger charge is -2.26. The molecule has 2 N–H and O–H groups in total. The quantitative estimate of drug-likeness (QED) is 0.876. The van der Waals surface area contributed by atoms with Gasteiger partial charge in [0.25, 0.3) is 5.91 Å². The minimum absolute atomic E-state index is 0.120. The van der Waals surface area contributed by atoms with Gasteiger partial charge in [-0.05, 0) is 18.6 Å². The van der Waals surface area contributed by atoms with E-state index in [2.05, 4.69) is 20.4 Å². The summed E-state index contributed by atoms with van der Waals surface area (Å²) in [5, 5.41) is 10.0. The Morgan fingerprint density at radius 2 is 2.13 bits per heavy atom. The van der Waals surface area contributed by atoms with Crippen LogP contribution in [0.3, 0.4) is 0 Å². The molecule has 1 amide bonds. The maximum absolute atomic E-state index is 12.2. The van der Waals surface area contributed by atoms with Crippen LogP contribution in [0.5, 0.6) is 0 Å². The molecule has 0 atom stereocenters. The van der Waals surface area contributed by atoms with E-state index in [-0.39, 0.29) is 5.91 Å². The molecule has 1 saturated heterocycles. The molecule has 2 aromatic rings. The molecular weight excluding hydrogens is 292 g/mol. The number of aryl methyl sites for hydroxylation is 1. The first-order valence-electron chi connectivity index (χ1n) is 7.94. The molecule has 6 nitrogen and oxygen atoms in total. The maximum Gasteiger partial charge on any atom is 0.269 e. The first-order valence-corrected chi connectivity index (χ1v) is 7.94. The second-order valence-corrected chi connectivity index (χ2v) is 5.69. The van der Waals surface area contributed by atoms with Crippen LogP contribution in [0.2, 0.25) is 0 Å². The number of amides is 1. The van der Waals surface area contributed by atoms with Crippen molar-refractivity contribution in [3.05, 3.63) is 41.6 Å². The van der Waals surface area contributed by atoms with Crippen molar-refractivity contribution >= 4 is 5.91 Å². The molecule has 122 valence electrons. The third-order valence-corrected chi connectivity index (χ3v) is 4.06. The first kappa shape index (κ1) is 15.7. The Bertz CT molecular complexity index is 662. The number of morpholine rings is 1. The SMILES string of the molecule is Cc1ccccc1-c1cc(C(=O)NCCN2CCOCC2)[nH]n1. The number of aromatic nitrogens is 2. The number of carbonyl (C=O) groups is 1. The van der Waals surface area contributed by atoms with Crippen molar-refractivity contribution in [2.75, 3.05) is 39.4 Å². The van der Waals surface area contributed by atoms with Crippen LogP contribution in [0.1, 0.15) is 16.1 Å². The van der Waals surface area contributed by atoms with Crippen molar-refractivity contribution in [3.8, 4) is 11.3 Å². The minimum atomic E-state index is -0.120. The van der Waals surface area contributed by atoms with E-state index in [9.17, 15) is 4.79 Å². The van der Waals surface area contributed by atoms with Gasteiger partial charge < -0.3 is 10.1 Å². The number of benzene rings is 1. The Balaban J connectivity index is 1.55. The summed E-state index contributed by atoms with van der Waals surface area (Å²) in [4.78, 5) is 14.5. The predicted octanol–water partition coefficient (Wildman–Crippen LogP) is 1.45. The molecule has 1 aliphatic heterocycles. The van der Waals surface area contributed by atoms with Crippen LogP contribution < -0.4 is 5.32 Å². The van der Waals surface area contributed by atoms with Gasteiger partial charge in [-0.2, -0.15) is 5.10 Å². The lowest BCUT2D eigenvalue weighted by Crippen LogP contribution is -2.41. The van der Waals surface area contributed by atoms with Gasteiger partial charge in [-0.15, -0.1) is 0 Å². The van der Waals surface area contributed by atoms with E-state index in [0.29, 0.717) is 12.2 Å². The van der Waals surface area contributed by atoms with Crippen molar-refractivity contribution in [3.63, 3.8) is 0 Å². The molecule has 3 rings (SSSR count). The standard InChI is InChI=1S/C17H22N4O2/c1-13-4-2-3-5-14(13)15-12-16(20-19-15)17(22)18-6-7-21-8-10-23-11-9-21/h2-5,12H,6-11H2,1H3,(H,18,22)(H,19,20). The van der Waals surface area contributed by atoms with Gasteiger partial charge in [0, 0.05) is 31.7 Å². The molecule has 0 saturated carbocycles. The molecule has 6 heteroatoms. The number of carbonyl (C=O) groups excluding carboxylic acids is 1. The number of ether oxygens (including phenoxy) is 1. The monoisotopic (exact) mass is 314 g/mol. The van der Waals surface area contributed by atoms with Gasteiger partial charge in [0.15, 0.2) is 0 Å². The van der Waals surface area contributed by atoms with E-state index >= 15 is 0 Å². The highest BCUT2D eigenvalue weighted by molar-refractivity contribution is 5.93. The largest absolute Gasteiger partial charge is 0.379 e. The highest BCUT2D eigenvalue weighted by Gasteiger charge is 2.13. The molecule has 0 bridgehead atoms. The summed E-state index contributed by atoms with van der Waals surface area (Å²) in [6.07, 6.45) is 0. The van der Waals surface area contributed by atoms with Crippen LogP contribution in [0.15, 0.2) is 30.3 Å². The Morgan fingerprint density at radius 1 is 1.35 bits per heavy atom. The molecule has 0 unspecified atom stereocenters. The average Bonchev–Trinajstić information content (AvgIpc) is 3.06. The van der Waals surface area contributed by atoms with Crippen LogP contribution in [0, 0.1) is 6.92 Å². The normalized spacial score (nSPS) is 15.5. The molecule has 2 heterocycles. The summed E-state index contributed by atoms with van der Waals surface area (Å²) in [6, 6.07) is 9.80. The maximum atomic E-state index is 12.2. The fourth-order valence-electron chi connectivity index (χ4n) is 2.68. The molecule has 0 aliphatic carbocycles. The zero-order valence-electron chi connectivity index (χ0n) is 13.3. The smallest absolute Gasteiger partial charge is 0.269 e. The summed E-state index contributed by atoms with van der Waals surface area (Å²) in [6.45, 7) is 6.90. The summed E-state index contributed by atoms with van der Waals surface area (Å²) < 4.78 is 5.31. The zero-order valence-corrected chi connectivity index (χ0v) is 13.3. The summed E-state index contributed by atoms with van der Waals surface area (Å²) in [5.41, 5.74) is 3.46. The van der Waals surface area contributed by atoms with Crippen molar-refractivity contribution in [1.29, 1.82) is 0 Å². The number of H-pyrrole nitrogens is 1. The van der Waals surface area contributed by atoms with Crippen LogP contribution in [0.25, 0.3) is 11.3 Å². The van der Waals surface area contributed by atoms with E-state index in [1.165, 1.54) is 0 Å². The van der Waals surface area contributed by atoms with Crippen LogP contribution in [-0.2, 0) is 4.74 Å². The second kappa shape index (κ2) is 7.39. The number of hydrogen-bond acceptors (Lipinski definition) is 4. The average molecular weight is 314 g/mol. The van der Waals surface area contributed by atoms with Crippen molar-refractivity contribution in [1.82, 2.24) is 20.4 Å². The molecule has 0 spiro atoms. The Hall–Kier alpha value is -2.18. The molecule has 0 radical (unpaired) electrons. The van der Waals surface area contributed by atoms with E-state index in [1.807, 2.05) is 31.2 Å². The van der Waals surface area contributed by atoms with Crippen molar-refractivity contribution in [2.45, 2.75) is 6.92 Å². The molecule has 1 aliphatic rings. The van der Waals surface area contributed by atoms with E-state index in [4.69, 9.17) is 4.74 Å². The van der Waals surface area contributed by atoms with Gasteiger partial charge in [0.2, 0.25) is 0 Å². The number of hydrogen-bond donors (Lipinski definition) is 2. The van der Waals surface area contributed by atoms with Gasteiger partial charge in [0.1, 0.15) is 5.69 Å². The number of aromatic amines is 1. The van der Waals surface area contributed by atoms with Gasteiger partial charge >= 0.3 is 0 Å². The second-order valence-electron chi connectivity index (χ2n) is 5.69. The highest BCUT2D eigenvalue weighted by Crippen LogP contribution is 2.21. The Labute approximate surface area is 135 Å². The lowest BCUT2D eigenvalue weighted by atomic mass is 10.1. The number of nitrogens with zero attached hydrogens (tertiary/aromatic N) is 2. The summed E-state index contributed by atoms with van der Waals surface area (Å²) >= 11 is 0. The zero-order chi connectivity index (χ0) is 16.1. The number of rotatable bonds is 5. The topological polar surface area (TPSA) is 70.2 Å². The molecule has 1 aromatic carbocycles. The van der Waals surface area contributed by atoms with E-state index in [1.54, 1.807) is 6.07 Å². The minimum Gasteiger partial charge on any atom is -0.379 e. The number of nitrogens with one attached hydrogen (secondary N) is 2. The lowest BCUT2D eigenvalue weighted by molar-refractivity contribution is 0.0383. The van der Waals surface area contributed by atoms with Crippen molar-refractivity contribution in [2.24, 2.45) is 0 Å². The van der Waals surface area contributed by atoms with Crippen LogP contribution in [0.4, 0.5) is 0 Å². The van der Waals surface area contributed by atoms with Gasteiger partial charge in [-0.25, -0.2) is 0 Å².